The summed E-state index contributed by atoms with van der Waals surface area (Å²) in [5.74, 6) is -0.528. The van der Waals surface area contributed by atoms with Gasteiger partial charge >= 0.3 is 12.1 Å². The smallest absolute Gasteiger partial charge is 0.407 e. The van der Waals surface area contributed by atoms with Crippen molar-refractivity contribution in [1.29, 1.82) is 5.41 Å². The third-order valence-corrected chi connectivity index (χ3v) is 6.03. The van der Waals surface area contributed by atoms with E-state index in [2.05, 4.69) is 5.32 Å². The third-order valence-electron chi connectivity index (χ3n) is 6.03. The fraction of sp³-hybridized carbons (Fsp3) is 0.400. The largest absolute Gasteiger partial charge is 0.497 e. The fourth-order valence-corrected chi connectivity index (χ4v) is 4.18. The summed E-state index contributed by atoms with van der Waals surface area (Å²) in [5, 5.41) is 16.5. The molecule has 9 nitrogen and oxygen atoms in total. The van der Waals surface area contributed by atoms with Crippen LogP contribution in [0.15, 0.2) is 48.5 Å². The molecule has 0 unspecified atom stereocenters. The van der Waals surface area contributed by atoms with Crippen LogP contribution in [0.5, 0.6) is 5.75 Å². The number of carbonyl (C=O) groups excluding carboxylic acids is 2. The van der Waals surface area contributed by atoms with Crippen LogP contribution < -0.4 is 10.1 Å². The summed E-state index contributed by atoms with van der Waals surface area (Å²) in [6.07, 6.45) is -0.600. The number of hydrogen-bond donors (Lipinski definition) is 2. The van der Waals surface area contributed by atoms with Gasteiger partial charge in [-0.25, -0.2) is 14.0 Å². The number of amides is 1. The average molecular weight is 553 g/mol. The minimum Gasteiger partial charge on any atom is -0.497 e. The summed E-state index contributed by atoms with van der Waals surface area (Å²) in [4.78, 5) is 25.4. The highest BCUT2D eigenvalue weighted by Gasteiger charge is 2.36. The van der Waals surface area contributed by atoms with E-state index in [-0.39, 0.29) is 31.1 Å². The van der Waals surface area contributed by atoms with Gasteiger partial charge in [0.05, 0.1) is 31.6 Å². The number of halogens is 1. The average Bonchev–Trinajstić information content (AvgIpc) is 3.27. The lowest BCUT2D eigenvalue weighted by Crippen LogP contribution is -2.40. The quantitative estimate of drug-likeness (QED) is 0.254. The summed E-state index contributed by atoms with van der Waals surface area (Å²) < 4.78 is 31.3. The molecule has 2 aromatic carbocycles. The Balaban J connectivity index is 2.19. The standard InChI is InChI=1S/C30H37FN4O5/c1-8-39-27(36)24(32)26-23(30(5,6)18-33-28(37)40-29(2,3)4)25(20-11-13-21(31)14-12-20)34-35(26)17-19-9-15-22(38-7)16-10-19/h9-16,32H,8,17-18H2,1-7H3,(H,33,37). The minimum atomic E-state index is -0.854. The van der Waals surface area contributed by atoms with E-state index in [4.69, 9.17) is 24.7 Å². The zero-order valence-corrected chi connectivity index (χ0v) is 24.1. The zero-order chi connectivity index (χ0) is 29.7. The summed E-state index contributed by atoms with van der Waals surface area (Å²) in [6, 6.07) is 13.2. The van der Waals surface area contributed by atoms with Crippen molar-refractivity contribution in [2.24, 2.45) is 0 Å². The molecule has 3 rings (SSSR count). The van der Waals surface area contributed by atoms with Gasteiger partial charge in [-0.2, -0.15) is 5.10 Å². The van der Waals surface area contributed by atoms with Gasteiger partial charge < -0.3 is 19.5 Å². The second kappa shape index (κ2) is 12.3. The van der Waals surface area contributed by atoms with Gasteiger partial charge in [0.1, 0.15) is 17.2 Å². The van der Waals surface area contributed by atoms with Gasteiger partial charge in [0, 0.05) is 23.1 Å². The van der Waals surface area contributed by atoms with E-state index >= 15 is 0 Å². The summed E-state index contributed by atoms with van der Waals surface area (Å²) in [7, 11) is 1.58. The van der Waals surface area contributed by atoms with Crippen molar-refractivity contribution in [3.05, 3.63) is 71.2 Å². The predicted molar refractivity (Wildman–Crippen MR) is 150 cm³/mol. The predicted octanol–water partition coefficient (Wildman–Crippen LogP) is 5.48. The van der Waals surface area contributed by atoms with Crippen molar-refractivity contribution < 1.29 is 28.2 Å². The third kappa shape index (κ3) is 7.46. The number of esters is 1. The number of nitrogens with one attached hydrogen (secondary N) is 2. The van der Waals surface area contributed by atoms with E-state index in [1.165, 1.54) is 12.1 Å². The van der Waals surface area contributed by atoms with Gasteiger partial charge in [0.25, 0.3) is 0 Å². The van der Waals surface area contributed by atoms with Crippen LogP contribution in [0.1, 0.15) is 58.4 Å². The normalized spacial score (nSPS) is 11.6. The number of benzene rings is 2. The SMILES string of the molecule is CCOC(=O)C(=N)c1c(C(C)(C)CNC(=O)OC(C)(C)C)c(-c2ccc(F)cc2)nn1Cc1ccc(OC)cc1. The second-order valence-corrected chi connectivity index (χ2v) is 10.9. The fourth-order valence-electron chi connectivity index (χ4n) is 4.18. The van der Waals surface area contributed by atoms with Crippen LogP contribution >= 0.6 is 0 Å². The Morgan fingerprint density at radius 2 is 1.65 bits per heavy atom. The Bertz CT molecular complexity index is 1360. The van der Waals surface area contributed by atoms with Crippen LogP contribution in [-0.4, -0.2) is 53.4 Å². The van der Waals surface area contributed by atoms with Gasteiger partial charge in [-0.05, 0) is 69.7 Å². The molecule has 0 aliphatic rings. The number of ether oxygens (including phenoxy) is 3. The molecule has 0 spiro atoms. The minimum absolute atomic E-state index is 0.0948. The van der Waals surface area contributed by atoms with E-state index in [1.54, 1.807) is 51.6 Å². The molecule has 2 N–H and O–H groups in total. The van der Waals surface area contributed by atoms with Gasteiger partial charge in [-0.3, -0.25) is 10.1 Å². The summed E-state index contributed by atoms with van der Waals surface area (Å²) >= 11 is 0. The Labute approximate surface area is 234 Å². The maximum absolute atomic E-state index is 13.8. The van der Waals surface area contributed by atoms with E-state index < -0.39 is 28.9 Å². The highest BCUT2D eigenvalue weighted by atomic mass is 19.1. The maximum atomic E-state index is 13.8. The van der Waals surface area contributed by atoms with E-state index in [1.807, 2.05) is 38.1 Å². The first-order valence-electron chi connectivity index (χ1n) is 13.0. The molecule has 40 heavy (non-hydrogen) atoms. The lowest BCUT2D eigenvalue weighted by molar-refractivity contribution is -0.135. The number of hydrogen-bond acceptors (Lipinski definition) is 7. The van der Waals surface area contributed by atoms with Gasteiger partial charge in [0.15, 0.2) is 5.71 Å². The molecule has 0 radical (unpaired) electrons. The van der Waals surface area contributed by atoms with Crippen LogP contribution in [0.3, 0.4) is 0 Å². The van der Waals surface area contributed by atoms with E-state index in [9.17, 15) is 14.0 Å². The Kier molecular flexibility index (Phi) is 9.34. The summed E-state index contributed by atoms with van der Waals surface area (Å²) in [6.45, 7) is 11.1. The highest BCUT2D eigenvalue weighted by Crippen LogP contribution is 2.36. The van der Waals surface area contributed by atoms with Gasteiger partial charge in [0.2, 0.25) is 0 Å². The molecule has 1 amide bonds. The van der Waals surface area contributed by atoms with Crippen LogP contribution in [-0.2, 0) is 26.2 Å². The number of alkyl carbamates (subject to hydrolysis) is 1. The molecule has 0 bridgehead atoms. The Hall–Kier alpha value is -4.21. The molecular formula is C30H37FN4O5. The molecule has 0 aliphatic carbocycles. The van der Waals surface area contributed by atoms with Crippen molar-refractivity contribution in [3.63, 3.8) is 0 Å². The topological polar surface area (TPSA) is 116 Å². The molecule has 0 aliphatic heterocycles. The number of carbonyl (C=O) groups is 2. The molecule has 214 valence electrons. The van der Waals surface area contributed by atoms with Crippen LogP contribution in [0.2, 0.25) is 0 Å². The van der Waals surface area contributed by atoms with Crippen LogP contribution in [0, 0.1) is 11.2 Å². The Morgan fingerprint density at radius 1 is 1.02 bits per heavy atom. The maximum Gasteiger partial charge on any atom is 0.407 e. The van der Waals surface area contributed by atoms with Gasteiger partial charge in [-0.15, -0.1) is 0 Å². The molecule has 1 heterocycles. The first-order chi connectivity index (χ1) is 18.8. The van der Waals surface area contributed by atoms with Crippen molar-refractivity contribution in [2.75, 3.05) is 20.3 Å². The first kappa shape index (κ1) is 30.3. The van der Waals surface area contributed by atoms with Crippen molar-refractivity contribution in [3.8, 4) is 17.0 Å². The molecule has 1 aromatic heterocycles. The number of nitrogens with zero attached hydrogens (tertiary/aromatic N) is 2. The second-order valence-electron chi connectivity index (χ2n) is 10.9. The first-order valence-corrected chi connectivity index (χ1v) is 13.0. The molecule has 0 fully saturated rings. The summed E-state index contributed by atoms with van der Waals surface area (Å²) in [5.41, 5.74) is 0.744. The van der Waals surface area contributed by atoms with Crippen molar-refractivity contribution in [1.82, 2.24) is 15.1 Å². The highest BCUT2D eigenvalue weighted by molar-refractivity contribution is 6.42. The molecule has 0 saturated carbocycles. The molecule has 10 heteroatoms. The van der Waals surface area contributed by atoms with Crippen LogP contribution in [0.4, 0.5) is 9.18 Å². The molecule has 3 aromatic rings. The van der Waals surface area contributed by atoms with Crippen molar-refractivity contribution in [2.45, 2.75) is 59.1 Å². The lowest BCUT2D eigenvalue weighted by atomic mass is 9.80. The lowest BCUT2D eigenvalue weighted by Gasteiger charge is -2.28. The molecule has 0 atom stereocenters. The molecular weight excluding hydrogens is 515 g/mol. The van der Waals surface area contributed by atoms with Gasteiger partial charge in [-0.1, -0.05) is 26.0 Å². The van der Waals surface area contributed by atoms with Crippen LogP contribution in [0.25, 0.3) is 11.3 Å². The Morgan fingerprint density at radius 3 is 2.20 bits per heavy atom. The number of aromatic nitrogens is 2. The number of methoxy groups -OCH3 is 1. The monoisotopic (exact) mass is 552 g/mol. The molecule has 0 saturated heterocycles. The zero-order valence-electron chi connectivity index (χ0n) is 24.1. The van der Waals surface area contributed by atoms with E-state index in [0.29, 0.717) is 22.6 Å². The van der Waals surface area contributed by atoms with E-state index in [0.717, 1.165) is 5.56 Å². The van der Waals surface area contributed by atoms with Crippen molar-refractivity contribution >= 4 is 17.8 Å². The number of rotatable bonds is 10.